The normalized spacial score (nSPS) is 16.7. The van der Waals surface area contributed by atoms with E-state index in [0.717, 1.165) is 27.5 Å². The highest BCUT2D eigenvalue weighted by Gasteiger charge is 2.54. The van der Waals surface area contributed by atoms with Gasteiger partial charge in [-0.1, -0.05) is 60.7 Å². The molecule has 0 radical (unpaired) electrons. The van der Waals surface area contributed by atoms with Crippen LogP contribution in [0.15, 0.2) is 77.4 Å². The molecule has 0 bridgehead atoms. The lowest BCUT2D eigenvalue weighted by molar-refractivity contribution is 0.00578. The van der Waals surface area contributed by atoms with Crippen molar-refractivity contribution in [1.82, 2.24) is 0 Å². The van der Waals surface area contributed by atoms with Gasteiger partial charge in [0.25, 0.3) is 0 Å². The molecule has 4 aromatic rings. The highest BCUT2D eigenvalue weighted by atomic mass is 16.7. The summed E-state index contributed by atoms with van der Waals surface area (Å²) < 4.78 is 31.4. The van der Waals surface area contributed by atoms with Crippen LogP contribution in [0.25, 0.3) is 22.1 Å². The van der Waals surface area contributed by atoms with Gasteiger partial charge in [-0.15, -0.1) is 0 Å². The second-order valence-corrected chi connectivity index (χ2v) is 9.54. The zero-order valence-corrected chi connectivity index (χ0v) is 20.3. The van der Waals surface area contributed by atoms with Crippen LogP contribution in [0.1, 0.15) is 33.3 Å². The first-order chi connectivity index (χ1) is 16.3. The fraction of sp³-hybridized carbons (Fsp3) is 0.286. The van der Waals surface area contributed by atoms with Crippen LogP contribution < -0.4 is 14.9 Å². The van der Waals surface area contributed by atoms with Gasteiger partial charge in [0.1, 0.15) is 12.4 Å². The third-order valence-corrected chi connectivity index (χ3v) is 6.84. The minimum absolute atomic E-state index is 0.413. The zero-order chi connectivity index (χ0) is 23.9. The van der Waals surface area contributed by atoms with Crippen LogP contribution in [-0.4, -0.2) is 25.4 Å². The van der Waals surface area contributed by atoms with Crippen LogP contribution in [0.3, 0.4) is 0 Å². The second-order valence-electron chi connectivity index (χ2n) is 9.54. The molecule has 1 aliphatic heterocycles. The van der Waals surface area contributed by atoms with Crippen molar-refractivity contribution < 1.29 is 23.2 Å². The molecular formula is C28H29BO5. The topological polar surface area (TPSA) is 50.1 Å². The Hall–Kier alpha value is -3.22. The molecule has 0 saturated carbocycles. The summed E-state index contributed by atoms with van der Waals surface area (Å²) in [4.78, 5) is 0. The Bertz CT molecular complexity index is 1280. The van der Waals surface area contributed by atoms with Crippen molar-refractivity contribution in [3.8, 4) is 22.6 Å². The third kappa shape index (κ3) is 3.77. The van der Waals surface area contributed by atoms with Crippen LogP contribution in [-0.2, 0) is 15.9 Å². The van der Waals surface area contributed by atoms with Crippen molar-refractivity contribution in [3.63, 3.8) is 0 Å². The maximum Gasteiger partial charge on any atom is 0.499 e. The first kappa shape index (κ1) is 22.6. The molecule has 5 nitrogen and oxygen atoms in total. The number of fused-ring (bicyclic) bond motifs is 1. The van der Waals surface area contributed by atoms with Crippen molar-refractivity contribution in [2.24, 2.45) is 0 Å². The molecule has 0 aliphatic carbocycles. The van der Waals surface area contributed by atoms with Crippen molar-refractivity contribution >= 4 is 23.6 Å². The number of rotatable bonds is 6. The Kier molecular flexibility index (Phi) is 5.66. The number of hydrogen-bond acceptors (Lipinski definition) is 5. The second kappa shape index (κ2) is 8.53. The van der Waals surface area contributed by atoms with Gasteiger partial charge < -0.3 is 23.2 Å². The number of benzene rings is 3. The largest absolute Gasteiger partial charge is 0.499 e. The SMILES string of the molecule is COc1c(B2OC(C)(C)C(C)(C)O2)c(-c2ccccc2)c(OCc2ccccc2)c2ccoc12. The van der Waals surface area contributed by atoms with Gasteiger partial charge in [0.2, 0.25) is 0 Å². The van der Waals surface area contributed by atoms with Gasteiger partial charge in [0, 0.05) is 11.0 Å². The molecule has 0 N–H and O–H groups in total. The van der Waals surface area contributed by atoms with E-state index in [4.69, 9.17) is 23.2 Å². The first-order valence-corrected chi connectivity index (χ1v) is 11.5. The van der Waals surface area contributed by atoms with Gasteiger partial charge in [0.05, 0.1) is 30.0 Å². The fourth-order valence-corrected chi connectivity index (χ4v) is 4.32. The molecular weight excluding hydrogens is 427 g/mol. The lowest BCUT2D eigenvalue weighted by Gasteiger charge is -2.32. The van der Waals surface area contributed by atoms with E-state index in [0.29, 0.717) is 23.7 Å². The Labute approximate surface area is 200 Å². The molecule has 34 heavy (non-hydrogen) atoms. The Morgan fingerprint density at radius 2 is 1.41 bits per heavy atom. The molecule has 0 atom stereocenters. The average molecular weight is 456 g/mol. The van der Waals surface area contributed by atoms with E-state index in [9.17, 15) is 0 Å². The lowest BCUT2D eigenvalue weighted by atomic mass is 9.72. The first-order valence-electron chi connectivity index (χ1n) is 11.5. The average Bonchev–Trinajstić information content (AvgIpc) is 3.39. The highest BCUT2D eigenvalue weighted by molar-refractivity contribution is 6.65. The van der Waals surface area contributed by atoms with E-state index in [1.54, 1.807) is 13.4 Å². The van der Waals surface area contributed by atoms with Crippen LogP contribution in [0, 0.1) is 0 Å². The van der Waals surface area contributed by atoms with E-state index >= 15 is 0 Å². The predicted octanol–water partition coefficient (Wildman–Crippen LogP) is 5.99. The minimum Gasteiger partial charge on any atom is -0.493 e. The van der Waals surface area contributed by atoms with E-state index in [1.165, 1.54) is 0 Å². The standard InChI is InChI=1S/C28H29BO5/c1-27(2)28(3,4)34-29(33-27)23-22(20-14-10-7-11-15-20)24(32-18-19-12-8-6-9-13-19)21-16-17-31-25(21)26(23)30-5/h6-17H,18H2,1-5H3. The van der Waals surface area contributed by atoms with Crippen molar-refractivity contribution in [2.45, 2.75) is 45.5 Å². The van der Waals surface area contributed by atoms with Crippen molar-refractivity contribution in [1.29, 1.82) is 0 Å². The molecule has 0 amide bonds. The molecule has 174 valence electrons. The molecule has 6 heteroatoms. The molecule has 0 spiro atoms. The van der Waals surface area contributed by atoms with Gasteiger partial charge >= 0.3 is 7.12 Å². The van der Waals surface area contributed by atoms with Crippen molar-refractivity contribution in [3.05, 3.63) is 78.6 Å². The summed E-state index contributed by atoms with van der Waals surface area (Å²) in [5, 5.41) is 0.840. The van der Waals surface area contributed by atoms with Gasteiger partial charge in [-0.3, -0.25) is 0 Å². The summed E-state index contributed by atoms with van der Waals surface area (Å²) in [5.41, 5.74) is 3.27. The quantitative estimate of drug-likeness (QED) is 0.334. The summed E-state index contributed by atoms with van der Waals surface area (Å²) in [6.45, 7) is 8.58. The van der Waals surface area contributed by atoms with Crippen molar-refractivity contribution in [2.75, 3.05) is 7.11 Å². The number of ether oxygens (including phenoxy) is 2. The molecule has 1 aliphatic rings. The molecule has 5 rings (SSSR count). The van der Waals surface area contributed by atoms with Crippen LogP contribution in [0.4, 0.5) is 0 Å². The Balaban J connectivity index is 1.76. The van der Waals surface area contributed by atoms with E-state index < -0.39 is 18.3 Å². The Morgan fingerprint density at radius 1 is 0.794 bits per heavy atom. The number of hydrogen-bond donors (Lipinski definition) is 0. The summed E-state index contributed by atoms with van der Waals surface area (Å²) >= 11 is 0. The molecule has 0 unspecified atom stereocenters. The minimum atomic E-state index is -0.663. The maximum atomic E-state index is 6.53. The highest BCUT2D eigenvalue weighted by Crippen LogP contribution is 2.45. The summed E-state index contributed by atoms with van der Waals surface area (Å²) in [6, 6.07) is 22.2. The predicted molar refractivity (Wildman–Crippen MR) is 135 cm³/mol. The maximum absolute atomic E-state index is 6.53. The lowest BCUT2D eigenvalue weighted by Crippen LogP contribution is -2.41. The van der Waals surface area contributed by atoms with Gasteiger partial charge in [-0.05, 0) is 44.9 Å². The number of methoxy groups -OCH3 is 1. The molecule has 1 fully saturated rings. The monoisotopic (exact) mass is 456 g/mol. The van der Waals surface area contributed by atoms with E-state index in [2.05, 4.69) is 12.1 Å². The van der Waals surface area contributed by atoms with Crippen LogP contribution in [0.5, 0.6) is 11.5 Å². The van der Waals surface area contributed by atoms with Gasteiger partial charge in [0.15, 0.2) is 11.3 Å². The van der Waals surface area contributed by atoms with Crippen LogP contribution in [0.2, 0.25) is 0 Å². The van der Waals surface area contributed by atoms with Crippen LogP contribution >= 0.6 is 0 Å². The Morgan fingerprint density at radius 3 is 2.03 bits per heavy atom. The third-order valence-electron chi connectivity index (χ3n) is 6.84. The molecule has 1 aromatic heterocycles. The summed E-state index contributed by atoms with van der Waals surface area (Å²) in [5.74, 6) is 1.30. The summed E-state index contributed by atoms with van der Waals surface area (Å²) in [7, 11) is 0.981. The van der Waals surface area contributed by atoms with Gasteiger partial charge in [-0.25, -0.2) is 0 Å². The van der Waals surface area contributed by atoms with Gasteiger partial charge in [-0.2, -0.15) is 0 Å². The molecule has 1 saturated heterocycles. The number of furan rings is 1. The molecule has 3 aromatic carbocycles. The van der Waals surface area contributed by atoms with E-state index in [1.807, 2.05) is 82.3 Å². The molecule has 2 heterocycles. The zero-order valence-electron chi connectivity index (χ0n) is 20.3. The fourth-order valence-electron chi connectivity index (χ4n) is 4.32. The summed E-state index contributed by atoms with van der Waals surface area (Å²) in [6.07, 6.45) is 1.66. The smallest absolute Gasteiger partial charge is 0.493 e. The van der Waals surface area contributed by atoms with E-state index in [-0.39, 0.29) is 0 Å².